The van der Waals surface area contributed by atoms with Crippen molar-refractivity contribution in [2.45, 2.75) is 12.8 Å². The zero-order valence-corrected chi connectivity index (χ0v) is 13.4. The molecule has 1 amide bonds. The highest BCUT2D eigenvalue weighted by atomic mass is 35.5. The lowest BCUT2D eigenvalue weighted by atomic mass is 9.92. The van der Waals surface area contributed by atoms with Gasteiger partial charge in [0.1, 0.15) is 5.69 Å². The van der Waals surface area contributed by atoms with Crippen LogP contribution in [0.1, 0.15) is 33.0 Å². The second kappa shape index (κ2) is 6.58. The number of hydrogen-bond acceptors (Lipinski definition) is 4. The number of ketones is 1. The number of rotatable bonds is 3. The van der Waals surface area contributed by atoms with Gasteiger partial charge in [0, 0.05) is 25.2 Å². The Morgan fingerprint density at radius 2 is 2.14 bits per heavy atom. The second-order valence-electron chi connectivity index (χ2n) is 5.27. The van der Waals surface area contributed by atoms with Crippen molar-refractivity contribution in [3.05, 3.63) is 51.4 Å². The molecule has 6 heteroatoms. The van der Waals surface area contributed by atoms with E-state index in [0.717, 1.165) is 12.8 Å². The zero-order chi connectivity index (χ0) is 15.5. The van der Waals surface area contributed by atoms with E-state index < -0.39 is 0 Å². The minimum absolute atomic E-state index is 0.0160. The van der Waals surface area contributed by atoms with Crippen molar-refractivity contribution in [3.8, 4) is 0 Å². The minimum atomic E-state index is -0.178. The average molecular weight is 335 g/mol. The number of nitrogens with zero attached hydrogens (tertiary/aromatic N) is 2. The third-order valence-corrected chi connectivity index (χ3v) is 5.00. The molecule has 2 aromatic heterocycles. The molecule has 1 aliphatic rings. The number of carbonyl (C=O) groups is 2. The van der Waals surface area contributed by atoms with Crippen LogP contribution in [0.15, 0.2) is 36.5 Å². The molecule has 1 fully saturated rings. The van der Waals surface area contributed by atoms with Gasteiger partial charge in [-0.1, -0.05) is 17.7 Å². The first-order chi connectivity index (χ1) is 10.6. The maximum Gasteiger partial charge on any atom is 0.263 e. The lowest BCUT2D eigenvalue weighted by molar-refractivity contribution is 0.0639. The molecule has 1 aliphatic heterocycles. The number of aromatic nitrogens is 1. The summed E-state index contributed by atoms with van der Waals surface area (Å²) in [6, 6.07) is 8.77. The lowest BCUT2D eigenvalue weighted by Crippen LogP contribution is -2.42. The van der Waals surface area contributed by atoms with Gasteiger partial charge in [0.05, 0.1) is 9.21 Å². The number of hydrogen-bond donors (Lipinski definition) is 0. The summed E-state index contributed by atoms with van der Waals surface area (Å²) in [6.45, 7) is 1.13. The summed E-state index contributed by atoms with van der Waals surface area (Å²) in [7, 11) is 0. The topological polar surface area (TPSA) is 50.3 Å². The quantitative estimate of drug-likeness (QED) is 0.807. The number of pyridine rings is 1. The summed E-state index contributed by atoms with van der Waals surface area (Å²) in [5.74, 6) is -0.208. The predicted molar refractivity (Wildman–Crippen MR) is 86.5 cm³/mol. The molecule has 114 valence electrons. The SMILES string of the molecule is O=C(c1ccccn1)C1CCCN(C(=O)c2ccc(Cl)s2)C1. The number of piperidine rings is 1. The molecule has 0 aliphatic carbocycles. The van der Waals surface area contributed by atoms with E-state index in [-0.39, 0.29) is 17.6 Å². The van der Waals surface area contributed by atoms with E-state index in [9.17, 15) is 9.59 Å². The molecule has 3 rings (SSSR count). The van der Waals surface area contributed by atoms with E-state index in [1.54, 1.807) is 41.4 Å². The van der Waals surface area contributed by atoms with Crippen LogP contribution in [-0.2, 0) is 0 Å². The number of thiophene rings is 1. The third kappa shape index (κ3) is 3.20. The average Bonchev–Trinajstić information content (AvgIpc) is 3.01. The van der Waals surface area contributed by atoms with Crippen molar-refractivity contribution in [2.75, 3.05) is 13.1 Å². The standard InChI is InChI=1S/C16H15ClN2O2S/c17-14-7-6-13(22-14)16(21)19-9-3-4-11(10-19)15(20)12-5-1-2-8-18-12/h1-2,5-8,11H,3-4,9-10H2. The van der Waals surface area contributed by atoms with Crippen molar-refractivity contribution < 1.29 is 9.59 Å². The Balaban J connectivity index is 1.72. The summed E-state index contributed by atoms with van der Waals surface area (Å²) in [4.78, 5) is 31.4. The zero-order valence-electron chi connectivity index (χ0n) is 11.9. The van der Waals surface area contributed by atoms with Gasteiger partial charge in [0.25, 0.3) is 5.91 Å². The highest BCUT2D eigenvalue weighted by Crippen LogP contribution is 2.26. The van der Waals surface area contributed by atoms with Gasteiger partial charge in [0.2, 0.25) is 0 Å². The normalized spacial score (nSPS) is 18.2. The summed E-state index contributed by atoms with van der Waals surface area (Å²) in [5.41, 5.74) is 0.473. The van der Waals surface area contributed by atoms with Crippen molar-refractivity contribution in [2.24, 2.45) is 5.92 Å². The maximum atomic E-state index is 12.5. The fourth-order valence-corrected chi connectivity index (χ4v) is 3.69. The van der Waals surface area contributed by atoms with Gasteiger partial charge >= 0.3 is 0 Å². The maximum absolute atomic E-state index is 12.5. The van der Waals surface area contributed by atoms with E-state index in [1.165, 1.54) is 11.3 Å². The summed E-state index contributed by atoms with van der Waals surface area (Å²) in [5, 5.41) is 0. The Hall–Kier alpha value is -1.72. The van der Waals surface area contributed by atoms with Gasteiger partial charge in [-0.2, -0.15) is 0 Å². The van der Waals surface area contributed by atoms with E-state index in [1.807, 2.05) is 0 Å². The van der Waals surface area contributed by atoms with Crippen LogP contribution in [0.25, 0.3) is 0 Å². The van der Waals surface area contributed by atoms with Gasteiger partial charge < -0.3 is 4.90 Å². The molecule has 0 bridgehead atoms. The van der Waals surface area contributed by atoms with Crippen molar-refractivity contribution in [3.63, 3.8) is 0 Å². The molecule has 0 N–H and O–H groups in total. The molecule has 3 heterocycles. The summed E-state index contributed by atoms with van der Waals surface area (Å²) in [6.07, 6.45) is 3.24. The lowest BCUT2D eigenvalue weighted by Gasteiger charge is -2.31. The summed E-state index contributed by atoms with van der Waals surface area (Å²) < 4.78 is 0.599. The molecule has 1 unspecified atom stereocenters. The molecule has 4 nitrogen and oxygen atoms in total. The minimum Gasteiger partial charge on any atom is -0.337 e. The highest BCUT2D eigenvalue weighted by molar-refractivity contribution is 7.17. The van der Waals surface area contributed by atoms with E-state index in [0.29, 0.717) is 28.0 Å². The van der Waals surface area contributed by atoms with E-state index >= 15 is 0 Å². The number of Topliss-reactive ketones (excluding diaryl/α,β-unsaturated/α-hetero) is 1. The Morgan fingerprint density at radius 1 is 1.27 bits per heavy atom. The van der Waals surface area contributed by atoms with Crippen LogP contribution in [0.4, 0.5) is 0 Å². The number of likely N-dealkylation sites (tertiary alicyclic amines) is 1. The highest BCUT2D eigenvalue weighted by Gasteiger charge is 2.30. The van der Waals surface area contributed by atoms with Gasteiger partial charge in [-0.3, -0.25) is 14.6 Å². The van der Waals surface area contributed by atoms with E-state index in [4.69, 9.17) is 11.6 Å². The van der Waals surface area contributed by atoms with Crippen LogP contribution in [0.5, 0.6) is 0 Å². The van der Waals surface area contributed by atoms with Crippen LogP contribution in [0.3, 0.4) is 0 Å². The first-order valence-corrected chi connectivity index (χ1v) is 8.34. The second-order valence-corrected chi connectivity index (χ2v) is 6.99. The fraction of sp³-hybridized carbons (Fsp3) is 0.312. The van der Waals surface area contributed by atoms with Gasteiger partial charge in [0.15, 0.2) is 5.78 Å². The third-order valence-electron chi connectivity index (χ3n) is 3.78. The molecule has 0 spiro atoms. The van der Waals surface area contributed by atoms with Crippen molar-refractivity contribution in [1.29, 1.82) is 0 Å². The molecule has 0 aromatic carbocycles. The molecular formula is C16H15ClN2O2S. The van der Waals surface area contributed by atoms with Crippen LogP contribution in [-0.4, -0.2) is 34.7 Å². The van der Waals surface area contributed by atoms with Crippen molar-refractivity contribution >= 4 is 34.6 Å². The Bertz CT molecular complexity index is 686. The molecule has 1 atom stereocenters. The van der Waals surface area contributed by atoms with Crippen LogP contribution in [0.2, 0.25) is 4.34 Å². The van der Waals surface area contributed by atoms with Crippen LogP contribution < -0.4 is 0 Å². The van der Waals surface area contributed by atoms with Gasteiger partial charge in [-0.15, -0.1) is 11.3 Å². The van der Waals surface area contributed by atoms with Gasteiger partial charge in [-0.25, -0.2) is 0 Å². The fourth-order valence-electron chi connectivity index (χ4n) is 2.68. The molecule has 2 aromatic rings. The number of halogens is 1. The molecule has 0 saturated carbocycles. The van der Waals surface area contributed by atoms with Crippen LogP contribution in [0, 0.1) is 5.92 Å². The molecule has 22 heavy (non-hydrogen) atoms. The Morgan fingerprint density at radius 3 is 2.82 bits per heavy atom. The Labute approximate surface area is 137 Å². The van der Waals surface area contributed by atoms with E-state index in [2.05, 4.69) is 4.98 Å². The predicted octanol–water partition coefficient (Wildman–Crippen LogP) is 3.53. The number of carbonyl (C=O) groups excluding carboxylic acids is 2. The molecular weight excluding hydrogens is 320 g/mol. The van der Waals surface area contributed by atoms with Gasteiger partial charge in [-0.05, 0) is 37.1 Å². The van der Waals surface area contributed by atoms with Crippen molar-refractivity contribution in [1.82, 2.24) is 9.88 Å². The largest absolute Gasteiger partial charge is 0.337 e. The Kier molecular flexibility index (Phi) is 4.55. The molecule has 1 saturated heterocycles. The number of amides is 1. The smallest absolute Gasteiger partial charge is 0.263 e. The summed E-state index contributed by atoms with van der Waals surface area (Å²) >= 11 is 7.16. The monoisotopic (exact) mass is 334 g/mol. The van der Waals surface area contributed by atoms with Crippen LogP contribution >= 0.6 is 22.9 Å². The first-order valence-electron chi connectivity index (χ1n) is 7.15. The molecule has 0 radical (unpaired) electrons. The first kappa shape index (κ1) is 15.2.